The number of fused-ring (bicyclic) bond motifs is 7. The molecule has 7 aliphatic heterocycles. The summed E-state index contributed by atoms with van der Waals surface area (Å²) < 4.78 is 91.3. The van der Waals surface area contributed by atoms with Gasteiger partial charge < -0.3 is 183 Å². The highest BCUT2D eigenvalue weighted by atomic mass is 16.8. The highest BCUT2D eigenvalue weighted by Gasteiger charge is 2.74. The van der Waals surface area contributed by atoms with E-state index >= 15 is 4.79 Å². The van der Waals surface area contributed by atoms with Crippen molar-refractivity contribution in [1.29, 1.82) is 0 Å². The summed E-state index contributed by atoms with van der Waals surface area (Å²) in [6, 6.07) is 0. The van der Waals surface area contributed by atoms with Crippen LogP contribution in [0, 0.1) is 50.2 Å². The summed E-state index contributed by atoms with van der Waals surface area (Å²) in [4.78, 5) is 31.1. The first kappa shape index (κ1) is 94.9. The molecule has 12 rings (SSSR count). The van der Waals surface area contributed by atoms with Gasteiger partial charge in [-0.1, -0.05) is 72.3 Å². The molecule has 5 aliphatic carbocycles. The molecule has 119 heavy (non-hydrogen) atoms. The maximum atomic E-state index is 16.5. The van der Waals surface area contributed by atoms with Crippen LogP contribution in [0.2, 0.25) is 0 Å². The van der Waals surface area contributed by atoms with Crippen LogP contribution in [0.1, 0.15) is 133 Å². The van der Waals surface area contributed by atoms with Crippen molar-refractivity contribution in [1.82, 2.24) is 0 Å². The van der Waals surface area contributed by atoms with Crippen molar-refractivity contribution in [3.05, 3.63) is 36.0 Å². The Morgan fingerprint density at radius 3 is 1.65 bits per heavy atom. The number of carbonyl (C=O) groups excluding carboxylic acids is 2. The first-order valence-corrected chi connectivity index (χ1v) is 41.4. The van der Waals surface area contributed by atoms with Crippen LogP contribution in [0.3, 0.4) is 0 Å². The number of carbonyl (C=O) groups is 2. The van der Waals surface area contributed by atoms with Crippen molar-refractivity contribution in [3.63, 3.8) is 0 Å². The molecule has 22 N–H and O–H groups in total. The predicted molar refractivity (Wildman–Crippen MR) is 398 cm³/mol. The zero-order chi connectivity index (χ0) is 87.4. The van der Waals surface area contributed by atoms with Gasteiger partial charge in [0.2, 0.25) is 6.29 Å². The molecule has 0 spiro atoms. The Hall–Kier alpha value is -3.24. The van der Waals surface area contributed by atoms with E-state index in [1.165, 1.54) is 32.9 Å². The van der Waals surface area contributed by atoms with Gasteiger partial charge in [0.25, 0.3) is 0 Å². The van der Waals surface area contributed by atoms with Crippen LogP contribution in [0.4, 0.5) is 0 Å². The molecule has 44 atom stereocenters. The van der Waals surface area contributed by atoms with Gasteiger partial charge >= 0.3 is 11.9 Å². The van der Waals surface area contributed by atoms with E-state index < -0.39 is 323 Å². The molecule has 4 saturated carbocycles. The fourth-order valence-corrected chi connectivity index (χ4v) is 21.6. The Labute approximate surface area is 688 Å². The number of hydrogen-bond acceptors (Lipinski definition) is 39. The van der Waals surface area contributed by atoms with E-state index in [0.717, 1.165) is 5.57 Å². The van der Waals surface area contributed by atoms with Gasteiger partial charge in [0.1, 0.15) is 152 Å². The summed E-state index contributed by atoms with van der Waals surface area (Å²) in [7, 11) is 0. The summed E-state index contributed by atoms with van der Waals surface area (Å²) in [5, 5.41) is 244. The Kier molecular flexibility index (Phi) is 29.1. The average Bonchev–Trinajstić information content (AvgIpc) is 1.47. The Balaban J connectivity index is 0.827. The molecule has 7 saturated heterocycles. The van der Waals surface area contributed by atoms with E-state index in [1.807, 2.05) is 13.8 Å². The second-order valence-corrected chi connectivity index (χ2v) is 37.3. The van der Waals surface area contributed by atoms with Gasteiger partial charge in [0.15, 0.2) is 43.8 Å². The van der Waals surface area contributed by atoms with E-state index in [-0.39, 0.29) is 43.1 Å². The van der Waals surface area contributed by atoms with Gasteiger partial charge in [-0.3, -0.25) is 4.79 Å². The molecule has 11 fully saturated rings. The number of aliphatic hydroxyl groups is 22. The van der Waals surface area contributed by atoms with Gasteiger partial charge in [-0.25, -0.2) is 4.79 Å². The fourth-order valence-electron chi connectivity index (χ4n) is 21.6. The Morgan fingerprint density at radius 1 is 0.521 bits per heavy atom. The van der Waals surface area contributed by atoms with Crippen molar-refractivity contribution < 1.29 is 193 Å². The monoisotopic (exact) mass is 1710 g/mol. The zero-order valence-electron chi connectivity index (χ0n) is 68.5. The van der Waals surface area contributed by atoms with Gasteiger partial charge in [0.05, 0.1) is 75.2 Å². The maximum absolute atomic E-state index is 16.5. The van der Waals surface area contributed by atoms with Gasteiger partial charge in [-0.05, 0) is 118 Å². The van der Waals surface area contributed by atoms with E-state index in [0.29, 0.717) is 32.1 Å². The summed E-state index contributed by atoms with van der Waals surface area (Å²) >= 11 is 0. The lowest BCUT2D eigenvalue weighted by Crippen LogP contribution is -2.70. The number of ether oxygens (including phenoxy) is 15. The van der Waals surface area contributed by atoms with Crippen molar-refractivity contribution in [2.75, 3.05) is 39.6 Å². The molecule has 0 aromatic rings. The molecule has 0 aromatic carbocycles. The topological polar surface area (TPSA) is 618 Å². The second-order valence-electron chi connectivity index (χ2n) is 37.3. The molecule has 12 aliphatic rings. The van der Waals surface area contributed by atoms with Gasteiger partial charge in [-0.2, -0.15) is 0 Å². The number of aliphatic hydroxyl groups excluding tert-OH is 21. The highest BCUT2D eigenvalue weighted by Crippen LogP contribution is 2.76. The molecule has 7 heterocycles. The minimum Gasteiger partial charge on any atom is -0.458 e. The summed E-state index contributed by atoms with van der Waals surface area (Å²) in [6.45, 7) is 17.7. The van der Waals surface area contributed by atoms with Crippen molar-refractivity contribution in [2.24, 2.45) is 50.2 Å². The SMILES string of the molecule is C=C[C@@](C)(O)CC/C=C(\CO)C(=O)O[C@H]1C[C@]2(C(=O)O[C@@H]3O[C@H](CO)[C@H](O)[C@H](O)[C@H]3O[C@@H]3O[C@@H](C)[C@H](O[C@@H]4O[C@@H](CO)[C@H](O)[C@H]4O)[C@@H](O[C@@H]4O[C@H](CO)[C@H](O)[C@H](O)[C@H]4O)[C@H]3O)[C@H](O)C[C@]3(C)C(=CC[C@@H]4[C@@]5(C)CC[C@H](O[C@@H]6O[C@H](CO[C@@H]7O[C@H](C)[C@H](O)[C@H](O)[C@H]7O[C@@H]7OC[C@@H](O)[C@H](O)[C@H]7O)[C@H](O)[C@H](O)[C@H]6O)C(C)(C)[C@@H]5CC[C@]43C)[C@@H]2CC1(C)C. The van der Waals surface area contributed by atoms with Crippen LogP contribution in [0.25, 0.3) is 0 Å². The Bertz CT molecular complexity index is 3510. The third kappa shape index (κ3) is 17.4. The van der Waals surface area contributed by atoms with Gasteiger partial charge in [0, 0.05) is 11.8 Å². The fraction of sp³-hybridized carbons (Fsp3) is 0.900. The lowest BCUT2D eigenvalue weighted by molar-refractivity contribution is -0.390. The van der Waals surface area contributed by atoms with E-state index in [9.17, 15) is 117 Å². The van der Waals surface area contributed by atoms with E-state index in [4.69, 9.17) is 71.1 Å². The third-order valence-corrected chi connectivity index (χ3v) is 29.3. The minimum atomic E-state index is -2.24. The van der Waals surface area contributed by atoms with E-state index in [1.54, 1.807) is 0 Å². The van der Waals surface area contributed by atoms with Crippen LogP contribution in [-0.2, 0) is 80.6 Å². The first-order chi connectivity index (χ1) is 55.8. The normalized spacial score (nSPS) is 51.0. The lowest BCUT2D eigenvalue weighted by atomic mass is 9.33. The number of allylic oxidation sites excluding steroid dienone is 3. The van der Waals surface area contributed by atoms with Crippen LogP contribution < -0.4 is 0 Å². The van der Waals surface area contributed by atoms with Gasteiger partial charge in [-0.15, -0.1) is 6.58 Å². The zero-order valence-corrected chi connectivity index (χ0v) is 68.5. The molecule has 39 heteroatoms. The maximum Gasteiger partial charge on any atom is 0.336 e. The lowest BCUT2D eigenvalue weighted by Gasteiger charge is -2.72. The second kappa shape index (κ2) is 36.5. The average molecular weight is 1710 g/mol. The minimum absolute atomic E-state index is 0.0158. The van der Waals surface area contributed by atoms with Crippen molar-refractivity contribution in [3.8, 4) is 0 Å². The third-order valence-electron chi connectivity index (χ3n) is 29.3. The predicted octanol–water partition coefficient (Wildman–Crippen LogP) is -6.10. The Morgan fingerprint density at radius 2 is 1.03 bits per heavy atom. The molecule has 0 unspecified atom stereocenters. The van der Waals surface area contributed by atoms with E-state index in [2.05, 4.69) is 47.3 Å². The molecule has 682 valence electrons. The largest absolute Gasteiger partial charge is 0.458 e. The van der Waals surface area contributed by atoms with Crippen molar-refractivity contribution >= 4 is 11.9 Å². The molecule has 39 nitrogen and oxygen atoms in total. The van der Waals surface area contributed by atoms with Crippen LogP contribution in [0.5, 0.6) is 0 Å². The molecular formula is C80H128O39. The van der Waals surface area contributed by atoms with Crippen LogP contribution in [-0.4, -0.2) is 391 Å². The first-order valence-electron chi connectivity index (χ1n) is 41.4. The van der Waals surface area contributed by atoms with Crippen LogP contribution in [0.15, 0.2) is 36.0 Å². The smallest absolute Gasteiger partial charge is 0.336 e. The van der Waals surface area contributed by atoms with Crippen LogP contribution >= 0.6 is 0 Å². The molecule has 0 amide bonds. The highest BCUT2D eigenvalue weighted by molar-refractivity contribution is 5.89. The summed E-state index contributed by atoms with van der Waals surface area (Å²) in [6.07, 6.45) is -55.2. The molecule has 0 aromatic heterocycles. The summed E-state index contributed by atoms with van der Waals surface area (Å²) in [5.41, 5.74) is -6.85. The summed E-state index contributed by atoms with van der Waals surface area (Å²) in [5.74, 6) is -3.44. The number of hydrogen-bond donors (Lipinski definition) is 22. The quantitative estimate of drug-likeness (QED) is 0.0175. The number of rotatable bonds is 25. The van der Waals surface area contributed by atoms with Crippen molar-refractivity contribution in [2.45, 2.75) is 360 Å². The molecule has 0 bridgehead atoms. The number of esters is 2. The standard InChI is InChI=1S/C80H128O39/c1-12-76(8,104)19-13-14-33(25-81)65(102)113-45-24-80(73(103)119-72-64(55(96)49(90)38(27-83)111-72)118-70-60(101)62(116-69-59(100)52(93)48(89)37(26-82)109-69)61(32(3)108-70)115-68-57(98)50(91)39(28-84)110-68)35(22-74(45,4)5)34-15-16-42-77(9)20-18-44(75(6,7)41(77)17-21-78(42,10)79(34,11)23-43(80)86)114-67-58(99)53(94)51(92)40(112-67)30-106-71-63(54(95)46(87)31(2)107-71)117-66-56(97)47(88)36(85)29-105-66/h12,14-15,31-32,35-64,66-72,81-101,104H,1,13,16-30H2,2-11H3/b33-14+/t31-,32+,35+,36-,37-,38-,39+,40-,41+,42-,43-,44+,45+,46+,47+,48+,49+,50+,51+,52+,53+,54+,55+,56-,57-,58-,59-,60-,61+,62+,63-,64-,66+,67+,68+,69+,70+,71-,72+,76-,77+,78-,79-,80-/m1/s1. The molecule has 0 radical (unpaired) electrons. The molecular weight excluding hydrogens is 1580 g/mol.